The average Bonchev–Trinajstić information content (AvgIpc) is 2.53. The number of benzene rings is 2. The third kappa shape index (κ3) is 1.42. The normalized spacial score (nSPS) is 11.3. The first-order valence-electron chi connectivity index (χ1n) is 4.51. The smallest absolute Gasteiger partial charge is 0.138 e. The van der Waals surface area contributed by atoms with Gasteiger partial charge in [0.1, 0.15) is 17.0 Å². The minimum Gasteiger partial charge on any atom is -0.456 e. The second-order valence-corrected chi connectivity index (χ2v) is 4.63. The highest BCUT2D eigenvalue weighted by atomic mass is 127. The van der Waals surface area contributed by atoms with Crippen LogP contribution in [0.4, 0.5) is 4.39 Å². The molecule has 0 aliphatic rings. The van der Waals surface area contributed by atoms with Gasteiger partial charge in [-0.2, -0.15) is 0 Å². The molecule has 0 bridgehead atoms. The van der Waals surface area contributed by atoms with Gasteiger partial charge in [-0.3, -0.25) is 0 Å². The van der Waals surface area contributed by atoms with Crippen molar-refractivity contribution in [3.05, 3.63) is 45.8 Å². The van der Waals surface area contributed by atoms with Crippen molar-refractivity contribution < 1.29 is 8.81 Å². The largest absolute Gasteiger partial charge is 0.456 e. The van der Waals surface area contributed by atoms with E-state index in [-0.39, 0.29) is 5.82 Å². The van der Waals surface area contributed by atoms with Gasteiger partial charge in [0.25, 0.3) is 0 Å². The molecule has 0 saturated carbocycles. The van der Waals surface area contributed by atoms with Crippen LogP contribution in [0.15, 0.2) is 40.8 Å². The summed E-state index contributed by atoms with van der Waals surface area (Å²) in [4.78, 5) is 0. The van der Waals surface area contributed by atoms with Crippen LogP contribution in [-0.4, -0.2) is 0 Å². The molecule has 2 aromatic carbocycles. The number of hydrogen-bond acceptors (Lipinski definition) is 1. The predicted molar refractivity (Wildman–Crippen MR) is 66.4 cm³/mol. The van der Waals surface area contributed by atoms with Crippen LogP contribution < -0.4 is 0 Å². The summed E-state index contributed by atoms with van der Waals surface area (Å²) in [7, 11) is 0. The molecular weight excluding hydrogens is 306 g/mol. The van der Waals surface area contributed by atoms with Crippen molar-refractivity contribution in [1.82, 2.24) is 0 Å². The molecule has 0 fully saturated rings. The summed E-state index contributed by atoms with van der Waals surface area (Å²) in [5, 5.41) is 1.99. The van der Waals surface area contributed by atoms with E-state index >= 15 is 0 Å². The highest BCUT2D eigenvalue weighted by Crippen LogP contribution is 2.29. The van der Waals surface area contributed by atoms with Gasteiger partial charge in [-0.05, 0) is 52.9 Å². The molecule has 0 radical (unpaired) electrons. The third-order valence-corrected chi connectivity index (χ3v) is 3.07. The van der Waals surface area contributed by atoms with E-state index in [9.17, 15) is 4.39 Å². The number of rotatable bonds is 0. The van der Waals surface area contributed by atoms with E-state index < -0.39 is 0 Å². The molecule has 15 heavy (non-hydrogen) atoms. The first-order chi connectivity index (χ1) is 7.24. The summed E-state index contributed by atoms with van der Waals surface area (Å²) in [6, 6.07) is 10.6. The highest BCUT2D eigenvalue weighted by molar-refractivity contribution is 14.1. The zero-order valence-electron chi connectivity index (χ0n) is 7.63. The van der Waals surface area contributed by atoms with Gasteiger partial charge in [0, 0.05) is 20.4 Å². The summed E-state index contributed by atoms with van der Waals surface area (Å²) in [6.07, 6.45) is 0. The zero-order chi connectivity index (χ0) is 10.4. The van der Waals surface area contributed by atoms with Gasteiger partial charge in [0.15, 0.2) is 0 Å². The van der Waals surface area contributed by atoms with Crippen molar-refractivity contribution in [2.24, 2.45) is 0 Å². The Bertz CT molecular complexity index is 601. The van der Waals surface area contributed by atoms with Crippen LogP contribution in [-0.2, 0) is 0 Å². The molecule has 3 aromatic rings. The third-order valence-electron chi connectivity index (χ3n) is 2.40. The van der Waals surface area contributed by atoms with E-state index in [0.29, 0.717) is 5.58 Å². The van der Waals surface area contributed by atoms with Gasteiger partial charge < -0.3 is 4.42 Å². The maximum absolute atomic E-state index is 13.0. The van der Waals surface area contributed by atoms with Crippen LogP contribution in [0.1, 0.15) is 0 Å². The van der Waals surface area contributed by atoms with Gasteiger partial charge in [-0.1, -0.05) is 0 Å². The SMILES string of the molecule is Fc1ccc2c(c1)oc1cc(I)ccc12. The minimum absolute atomic E-state index is 0.267. The Balaban J connectivity index is 2.51. The molecule has 0 amide bonds. The summed E-state index contributed by atoms with van der Waals surface area (Å²) in [5.41, 5.74) is 1.41. The first-order valence-corrected chi connectivity index (χ1v) is 5.59. The van der Waals surface area contributed by atoms with Crippen molar-refractivity contribution in [1.29, 1.82) is 0 Å². The lowest BCUT2D eigenvalue weighted by atomic mass is 10.1. The fourth-order valence-electron chi connectivity index (χ4n) is 1.72. The second-order valence-electron chi connectivity index (χ2n) is 3.38. The molecule has 0 N–H and O–H groups in total. The minimum atomic E-state index is -0.267. The molecule has 3 heteroatoms. The highest BCUT2D eigenvalue weighted by Gasteiger charge is 2.07. The van der Waals surface area contributed by atoms with Crippen LogP contribution in [0.3, 0.4) is 0 Å². The van der Waals surface area contributed by atoms with Gasteiger partial charge in [0.2, 0.25) is 0 Å². The standard InChI is InChI=1S/C12H6FIO/c13-7-1-3-9-10-4-2-8(14)6-12(10)15-11(9)5-7/h1-6H. The van der Waals surface area contributed by atoms with Crippen LogP contribution in [0.5, 0.6) is 0 Å². The molecule has 0 aliphatic heterocycles. The Labute approximate surface area is 99.0 Å². The van der Waals surface area contributed by atoms with E-state index in [0.717, 1.165) is 19.9 Å². The number of halogens is 2. The fraction of sp³-hybridized carbons (Fsp3) is 0. The van der Waals surface area contributed by atoms with Crippen molar-refractivity contribution in [3.8, 4) is 0 Å². The summed E-state index contributed by atoms with van der Waals surface area (Å²) < 4.78 is 19.7. The van der Waals surface area contributed by atoms with Crippen LogP contribution >= 0.6 is 22.6 Å². The van der Waals surface area contributed by atoms with Crippen LogP contribution in [0.25, 0.3) is 21.9 Å². The second kappa shape index (κ2) is 3.20. The van der Waals surface area contributed by atoms with Gasteiger partial charge in [0.05, 0.1) is 0 Å². The molecule has 74 valence electrons. The lowest BCUT2D eigenvalue weighted by Crippen LogP contribution is -1.71. The predicted octanol–water partition coefficient (Wildman–Crippen LogP) is 4.33. The number of furan rings is 1. The lowest BCUT2D eigenvalue weighted by molar-refractivity contribution is 0.618. The molecule has 0 atom stereocenters. The van der Waals surface area contributed by atoms with Gasteiger partial charge in [-0.25, -0.2) is 4.39 Å². The summed E-state index contributed by atoms with van der Waals surface area (Å²) in [6.45, 7) is 0. The topological polar surface area (TPSA) is 13.1 Å². The van der Waals surface area contributed by atoms with E-state index in [2.05, 4.69) is 22.6 Å². The van der Waals surface area contributed by atoms with E-state index in [1.54, 1.807) is 6.07 Å². The van der Waals surface area contributed by atoms with E-state index in [1.807, 2.05) is 18.2 Å². The Hall–Kier alpha value is -1.10. The fourth-order valence-corrected chi connectivity index (χ4v) is 2.19. The maximum Gasteiger partial charge on any atom is 0.138 e. The molecule has 0 aliphatic carbocycles. The van der Waals surface area contributed by atoms with Crippen molar-refractivity contribution in [3.63, 3.8) is 0 Å². The Morgan fingerprint density at radius 2 is 1.60 bits per heavy atom. The molecule has 0 spiro atoms. The van der Waals surface area contributed by atoms with Gasteiger partial charge >= 0.3 is 0 Å². The van der Waals surface area contributed by atoms with Crippen molar-refractivity contribution >= 4 is 44.5 Å². The molecule has 1 nitrogen and oxygen atoms in total. The average molecular weight is 312 g/mol. The number of fused-ring (bicyclic) bond motifs is 3. The molecule has 0 unspecified atom stereocenters. The lowest BCUT2D eigenvalue weighted by Gasteiger charge is -1.89. The summed E-state index contributed by atoms with van der Waals surface area (Å²) in [5.74, 6) is -0.267. The summed E-state index contributed by atoms with van der Waals surface area (Å²) >= 11 is 2.23. The molecule has 3 rings (SSSR count). The van der Waals surface area contributed by atoms with Gasteiger partial charge in [-0.15, -0.1) is 0 Å². The zero-order valence-corrected chi connectivity index (χ0v) is 9.79. The Kier molecular flexibility index (Phi) is 1.95. The number of hydrogen-bond donors (Lipinski definition) is 0. The van der Waals surface area contributed by atoms with E-state index in [4.69, 9.17) is 4.42 Å². The molecule has 0 saturated heterocycles. The molecule has 1 heterocycles. The molecular formula is C12H6FIO. The molecule has 1 aromatic heterocycles. The Morgan fingerprint density at radius 3 is 2.40 bits per heavy atom. The van der Waals surface area contributed by atoms with E-state index in [1.165, 1.54) is 12.1 Å². The Morgan fingerprint density at radius 1 is 0.933 bits per heavy atom. The first kappa shape index (κ1) is 9.15. The monoisotopic (exact) mass is 312 g/mol. The van der Waals surface area contributed by atoms with Crippen molar-refractivity contribution in [2.45, 2.75) is 0 Å². The van der Waals surface area contributed by atoms with Crippen LogP contribution in [0, 0.1) is 9.39 Å². The van der Waals surface area contributed by atoms with Crippen molar-refractivity contribution in [2.75, 3.05) is 0 Å². The van der Waals surface area contributed by atoms with Crippen LogP contribution in [0.2, 0.25) is 0 Å². The maximum atomic E-state index is 13.0. The quantitative estimate of drug-likeness (QED) is 0.563.